The van der Waals surface area contributed by atoms with Crippen LogP contribution in [-0.2, 0) is 37.9 Å². The summed E-state index contributed by atoms with van der Waals surface area (Å²) in [4.78, 5) is 0. The zero-order valence-electron chi connectivity index (χ0n) is 39.8. The lowest BCUT2D eigenvalue weighted by Gasteiger charge is -2.47. The molecule has 22 heteroatoms. The predicted octanol–water partition coefficient (Wildman–Crippen LogP) is -2.07. The van der Waals surface area contributed by atoms with Crippen LogP contribution in [0.5, 0.6) is 0 Å². The van der Waals surface area contributed by atoms with Crippen LogP contribution in [0.15, 0.2) is 0 Å². The van der Waals surface area contributed by atoms with Crippen molar-refractivity contribution in [3.8, 4) is 0 Å². The molecule has 402 valence electrons. The summed E-state index contributed by atoms with van der Waals surface area (Å²) in [6.45, 7) is 1.02. The molecule has 14 N–H and O–H groups in total. The fraction of sp³-hybridized carbons (Fsp3) is 1.00. The van der Waals surface area contributed by atoms with E-state index in [1.165, 1.54) is 6.42 Å². The molecular formula is C46H86O22. The van der Waals surface area contributed by atoms with E-state index in [1.807, 2.05) is 0 Å². The Balaban J connectivity index is 1.54. The molecule has 0 bridgehead atoms. The van der Waals surface area contributed by atoms with Gasteiger partial charge in [-0.25, -0.2) is 0 Å². The summed E-state index contributed by atoms with van der Waals surface area (Å²) in [5.74, 6) is 0. The van der Waals surface area contributed by atoms with Crippen LogP contribution < -0.4 is 0 Å². The monoisotopic (exact) mass is 991 g/mol. The normalized spacial score (nSPS) is 40.1. The lowest BCUT2D eigenvalue weighted by molar-refractivity contribution is -0.365. The third kappa shape index (κ3) is 16.3. The number of aliphatic hydroxyl groups is 14. The van der Waals surface area contributed by atoms with Gasteiger partial charge in [0.05, 0.1) is 39.6 Å². The highest BCUT2D eigenvalue weighted by atomic mass is 16.8. The second-order valence-corrected chi connectivity index (χ2v) is 19.2. The Hall–Kier alpha value is -0.880. The quantitative estimate of drug-likeness (QED) is 0.0332. The zero-order chi connectivity index (χ0) is 50.0. The van der Waals surface area contributed by atoms with Gasteiger partial charge in [-0.05, 0) is 12.8 Å². The third-order valence-electron chi connectivity index (χ3n) is 13.9. The molecule has 0 aromatic rings. The Morgan fingerprint density at radius 1 is 0.338 bits per heavy atom. The molecule has 68 heavy (non-hydrogen) atoms. The zero-order valence-corrected chi connectivity index (χ0v) is 39.8. The van der Waals surface area contributed by atoms with Crippen LogP contribution in [0.1, 0.15) is 123 Å². The van der Waals surface area contributed by atoms with Gasteiger partial charge in [0.15, 0.2) is 25.2 Å². The van der Waals surface area contributed by atoms with Crippen LogP contribution in [0.2, 0.25) is 0 Å². The molecule has 4 saturated heterocycles. The highest BCUT2D eigenvalue weighted by Gasteiger charge is 2.53. The number of rotatable bonds is 31. The van der Waals surface area contributed by atoms with Gasteiger partial charge >= 0.3 is 0 Å². The van der Waals surface area contributed by atoms with Crippen LogP contribution in [0.4, 0.5) is 0 Å². The van der Waals surface area contributed by atoms with Gasteiger partial charge in [0.25, 0.3) is 0 Å². The third-order valence-corrected chi connectivity index (χ3v) is 13.9. The average molecular weight is 991 g/mol. The van der Waals surface area contributed by atoms with Crippen molar-refractivity contribution in [2.45, 2.75) is 246 Å². The molecule has 0 aromatic heterocycles. The fourth-order valence-corrected chi connectivity index (χ4v) is 9.45. The van der Waals surface area contributed by atoms with Crippen molar-refractivity contribution in [3.63, 3.8) is 0 Å². The van der Waals surface area contributed by atoms with Gasteiger partial charge in [0.1, 0.15) is 97.7 Å². The number of ether oxygens (including phenoxy) is 8. The average Bonchev–Trinajstić information content (AvgIpc) is 3.34. The Morgan fingerprint density at radius 2 is 0.632 bits per heavy atom. The first-order chi connectivity index (χ1) is 32.6. The van der Waals surface area contributed by atoms with Crippen LogP contribution in [0, 0.1) is 5.41 Å². The fourth-order valence-electron chi connectivity index (χ4n) is 9.45. The largest absolute Gasteiger partial charge is 0.394 e. The minimum absolute atomic E-state index is 0.137. The summed E-state index contributed by atoms with van der Waals surface area (Å²) in [5, 5.41) is 148. The van der Waals surface area contributed by atoms with Crippen molar-refractivity contribution >= 4 is 0 Å². The Morgan fingerprint density at radius 3 is 0.956 bits per heavy atom. The van der Waals surface area contributed by atoms with Gasteiger partial charge in [-0.1, -0.05) is 110 Å². The van der Waals surface area contributed by atoms with Crippen LogP contribution >= 0.6 is 0 Å². The first kappa shape index (κ1) is 59.7. The molecule has 4 rings (SSSR count). The number of aliphatic hydroxyl groups excluding tert-OH is 14. The molecular weight excluding hydrogens is 904 g/mol. The molecule has 4 heterocycles. The Labute approximate surface area is 399 Å². The predicted molar refractivity (Wildman–Crippen MR) is 237 cm³/mol. The maximum atomic E-state index is 11.4. The molecule has 0 radical (unpaired) electrons. The molecule has 4 fully saturated rings. The van der Waals surface area contributed by atoms with E-state index in [1.54, 1.807) is 0 Å². The van der Waals surface area contributed by atoms with E-state index in [0.29, 0.717) is 12.8 Å². The van der Waals surface area contributed by atoms with Crippen molar-refractivity contribution in [2.75, 3.05) is 39.6 Å². The molecule has 22 nitrogen and oxygen atoms in total. The summed E-state index contributed by atoms with van der Waals surface area (Å²) in [7, 11) is 0. The Kier molecular flexibility index (Phi) is 26.6. The van der Waals surface area contributed by atoms with Crippen LogP contribution in [0.3, 0.4) is 0 Å². The second kappa shape index (κ2) is 30.3. The van der Waals surface area contributed by atoms with E-state index in [9.17, 15) is 71.5 Å². The summed E-state index contributed by atoms with van der Waals surface area (Å²) in [6, 6.07) is 0. The van der Waals surface area contributed by atoms with E-state index in [2.05, 4.69) is 13.8 Å². The van der Waals surface area contributed by atoms with E-state index in [0.717, 1.165) is 89.9 Å². The summed E-state index contributed by atoms with van der Waals surface area (Å²) in [5.41, 5.74) is -0.871. The molecule has 0 amide bonds. The van der Waals surface area contributed by atoms with Crippen LogP contribution in [0.25, 0.3) is 0 Å². The summed E-state index contributed by atoms with van der Waals surface area (Å²) < 4.78 is 47.0. The van der Waals surface area contributed by atoms with E-state index in [4.69, 9.17) is 37.9 Å². The van der Waals surface area contributed by atoms with Crippen LogP contribution in [-0.4, -0.2) is 234 Å². The van der Waals surface area contributed by atoms with Gasteiger partial charge in [0, 0.05) is 5.41 Å². The van der Waals surface area contributed by atoms with E-state index >= 15 is 0 Å². The van der Waals surface area contributed by atoms with Gasteiger partial charge in [-0.2, -0.15) is 0 Å². The van der Waals surface area contributed by atoms with Crippen molar-refractivity contribution in [1.29, 1.82) is 0 Å². The SMILES string of the molecule is CCCCCCCCCCC(CCCCCCCCC)(CO[C@H]1O[C@@H](CO)[C@H](O[C@@H]2O[C@@H](CO)[C@H](O)[C@@H](O)[C@@H]2O)[C@@H](O)[C@@H]1O)CO[C@H]1O[C@@H](CO)[C@H](O[C@@H]2O[C@@H](CO)[C@H](O)[C@@H](O)[C@@H]2O)[C@@H](O)[C@H]1O. The lowest BCUT2D eigenvalue weighted by Crippen LogP contribution is -2.65. The first-order valence-corrected chi connectivity index (χ1v) is 25.0. The smallest absolute Gasteiger partial charge is 0.187 e. The highest BCUT2D eigenvalue weighted by molar-refractivity contribution is 4.96. The summed E-state index contributed by atoms with van der Waals surface area (Å²) >= 11 is 0. The van der Waals surface area contributed by atoms with Crippen molar-refractivity contribution < 1.29 is 109 Å². The number of unbranched alkanes of at least 4 members (excludes halogenated alkanes) is 13. The van der Waals surface area contributed by atoms with Gasteiger partial charge in [-0.3, -0.25) is 0 Å². The maximum Gasteiger partial charge on any atom is 0.187 e. The van der Waals surface area contributed by atoms with Gasteiger partial charge in [-0.15, -0.1) is 0 Å². The van der Waals surface area contributed by atoms with Gasteiger partial charge in [0.2, 0.25) is 0 Å². The molecule has 21 atom stereocenters. The molecule has 0 aromatic carbocycles. The Bertz CT molecular complexity index is 1260. The summed E-state index contributed by atoms with van der Waals surface area (Å²) in [6.07, 6.45) is -16.6. The molecule has 0 saturated carbocycles. The molecule has 0 aliphatic carbocycles. The molecule has 1 unspecified atom stereocenters. The number of hydrogen-bond donors (Lipinski definition) is 14. The topological polar surface area (TPSA) is 357 Å². The lowest BCUT2D eigenvalue weighted by atomic mass is 9.79. The molecule has 4 aliphatic heterocycles. The van der Waals surface area contributed by atoms with E-state index in [-0.39, 0.29) is 13.2 Å². The first-order valence-electron chi connectivity index (χ1n) is 25.0. The number of hydrogen-bond acceptors (Lipinski definition) is 22. The minimum atomic E-state index is -1.84. The molecule has 4 aliphatic rings. The molecule has 0 spiro atoms. The van der Waals surface area contributed by atoms with E-state index < -0.39 is 155 Å². The minimum Gasteiger partial charge on any atom is -0.394 e. The second-order valence-electron chi connectivity index (χ2n) is 19.2. The van der Waals surface area contributed by atoms with Gasteiger partial charge < -0.3 is 109 Å². The van der Waals surface area contributed by atoms with Crippen molar-refractivity contribution in [1.82, 2.24) is 0 Å². The maximum absolute atomic E-state index is 11.4. The standard InChI is InChI=1S/C46H86O22/c1-3-5-7-9-11-13-15-17-19-46(18-16-14-12-10-8-6-4-2,24-61-42-38(59)34(55)40(28(22-49)65-42)67-44-36(57)32(53)30(51)26(20-47)63-44)25-62-43-39(60)35(56)41(29(23-50)66-43)68-45-37(58)33(54)31(52)27(21-48)64-45/h26-45,47-60H,3-25H2,1-2H3/t26-,27-,28-,29-,30-,31-,32+,33+,34-,35-,36-,37-,38-,39+,40-,41-,42-,43-,44-,45-,46?/m0/s1. The van der Waals surface area contributed by atoms with Crippen molar-refractivity contribution in [3.05, 3.63) is 0 Å². The highest BCUT2D eigenvalue weighted by Crippen LogP contribution is 2.38. The van der Waals surface area contributed by atoms with Crippen molar-refractivity contribution in [2.24, 2.45) is 5.41 Å².